The van der Waals surface area contributed by atoms with Crippen LogP contribution in [0.2, 0.25) is 5.02 Å². The number of hydrogen-bond donors (Lipinski definition) is 1. The molecule has 1 heterocycles. The van der Waals surface area contributed by atoms with Gasteiger partial charge in [0.1, 0.15) is 5.82 Å². The molecule has 0 spiro atoms. The molecular formula is C23H29ClN4O3S. The molecule has 0 aliphatic carbocycles. The van der Waals surface area contributed by atoms with E-state index in [-0.39, 0.29) is 23.3 Å². The third-order valence-electron chi connectivity index (χ3n) is 5.46. The summed E-state index contributed by atoms with van der Waals surface area (Å²) in [6.45, 7) is 4.69. The van der Waals surface area contributed by atoms with Crippen LogP contribution in [0.25, 0.3) is 11.0 Å². The van der Waals surface area contributed by atoms with Gasteiger partial charge in [-0.15, -0.1) is 0 Å². The zero-order valence-corrected chi connectivity index (χ0v) is 20.4. The molecule has 0 fully saturated rings. The Morgan fingerprint density at radius 3 is 2.56 bits per heavy atom. The third kappa shape index (κ3) is 5.14. The number of rotatable bonds is 9. The van der Waals surface area contributed by atoms with Crippen molar-refractivity contribution in [3.05, 3.63) is 58.9 Å². The van der Waals surface area contributed by atoms with Crippen molar-refractivity contribution in [2.24, 2.45) is 0 Å². The molecule has 3 rings (SSSR count). The van der Waals surface area contributed by atoms with Crippen molar-refractivity contribution in [2.75, 3.05) is 14.1 Å². The second-order valence-electron chi connectivity index (χ2n) is 7.79. The molecule has 172 valence electrons. The Kier molecular flexibility index (Phi) is 7.59. The molecule has 0 aliphatic rings. The molecule has 2 aromatic carbocycles. The number of aryl methyl sites for hydroxylation is 2. The normalized spacial score (nSPS) is 12.9. The number of carbonyl (C=O) groups is 1. The fraction of sp³-hybridized carbons (Fsp3) is 0.391. The molecule has 1 N–H and O–H groups in total. The summed E-state index contributed by atoms with van der Waals surface area (Å²) in [5, 5.41) is 3.71. The maximum absolute atomic E-state index is 12.7. The van der Waals surface area contributed by atoms with Gasteiger partial charge in [0.15, 0.2) is 0 Å². The summed E-state index contributed by atoms with van der Waals surface area (Å²) in [6, 6.07) is 12.4. The van der Waals surface area contributed by atoms with Crippen LogP contribution in [-0.4, -0.2) is 42.3 Å². The molecular weight excluding hydrogens is 448 g/mol. The molecule has 32 heavy (non-hydrogen) atoms. The molecule has 9 heteroatoms. The molecule has 1 amide bonds. The highest BCUT2D eigenvalue weighted by Crippen LogP contribution is 2.23. The average Bonchev–Trinajstić information content (AvgIpc) is 3.12. The van der Waals surface area contributed by atoms with Crippen molar-refractivity contribution in [1.29, 1.82) is 0 Å². The van der Waals surface area contributed by atoms with Crippen LogP contribution < -0.4 is 5.32 Å². The summed E-state index contributed by atoms with van der Waals surface area (Å²) in [6.07, 6.45) is 1.49. The van der Waals surface area contributed by atoms with Crippen molar-refractivity contribution < 1.29 is 13.2 Å². The van der Waals surface area contributed by atoms with Crippen LogP contribution >= 0.6 is 11.6 Å². The summed E-state index contributed by atoms with van der Waals surface area (Å²) in [7, 11) is -0.537. The van der Waals surface area contributed by atoms with Crippen LogP contribution in [0.3, 0.4) is 0 Å². The lowest BCUT2D eigenvalue weighted by Crippen LogP contribution is -2.28. The molecule has 1 atom stereocenters. The average molecular weight is 477 g/mol. The smallest absolute Gasteiger partial charge is 0.242 e. The maximum atomic E-state index is 12.7. The van der Waals surface area contributed by atoms with Gasteiger partial charge in [0, 0.05) is 38.5 Å². The van der Waals surface area contributed by atoms with E-state index >= 15 is 0 Å². The van der Waals surface area contributed by atoms with Gasteiger partial charge < -0.3 is 9.88 Å². The Balaban J connectivity index is 1.77. The molecule has 0 radical (unpaired) electrons. The van der Waals surface area contributed by atoms with Crippen LogP contribution in [0.5, 0.6) is 0 Å². The number of amides is 1. The number of nitrogens with zero attached hydrogens (tertiary/aromatic N) is 3. The quantitative estimate of drug-likeness (QED) is 0.502. The van der Waals surface area contributed by atoms with Gasteiger partial charge in [0.25, 0.3) is 0 Å². The van der Waals surface area contributed by atoms with Gasteiger partial charge in [0.05, 0.1) is 22.0 Å². The molecule has 0 bridgehead atoms. The fourth-order valence-electron chi connectivity index (χ4n) is 3.71. The molecule has 7 nitrogen and oxygen atoms in total. The predicted molar refractivity (Wildman–Crippen MR) is 127 cm³/mol. The van der Waals surface area contributed by atoms with Crippen LogP contribution in [0.1, 0.15) is 44.1 Å². The van der Waals surface area contributed by atoms with E-state index in [0.717, 1.165) is 23.3 Å². The Hall–Kier alpha value is -2.42. The molecule has 3 aromatic rings. The van der Waals surface area contributed by atoms with E-state index in [4.69, 9.17) is 11.6 Å². The number of sulfonamides is 1. The first-order valence-electron chi connectivity index (χ1n) is 10.6. The Morgan fingerprint density at radius 1 is 1.19 bits per heavy atom. The first-order chi connectivity index (χ1) is 15.2. The number of aromatic nitrogens is 2. The van der Waals surface area contributed by atoms with Crippen molar-refractivity contribution in [2.45, 2.75) is 50.6 Å². The van der Waals surface area contributed by atoms with Gasteiger partial charge in [-0.1, -0.05) is 30.7 Å². The molecule has 1 aromatic heterocycles. The largest absolute Gasteiger partial charge is 0.349 e. The van der Waals surface area contributed by atoms with E-state index in [2.05, 4.69) is 10.3 Å². The molecule has 1 unspecified atom stereocenters. The zero-order valence-electron chi connectivity index (χ0n) is 18.8. The van der Waals surface area contributed by atoms with E-state index in [1.54, 1.807) is 18.2 Å². The highest BCUT2D eigenvalue weighted by Gasteiger charge is 2.20. The minimum absolute atomic E-state index is 0.0672. The first kappa shape index (κ1) is 24.2. The number of imidazole rings is 1. The van der Waals surface area contributed by atoms with Crippen LogP contribution in [0.15, 0.2) is 47.4 Å². The van der Waals surface area contributed by atoms with E-state index in [1.165, 1.54) is 18.4 Å². The molecule has 0 saturated heterocycles. The van der Waals surface area contributed by atoms with Crippen LogP contribution in [-0.2, 0) is 27.8 Å². The van der Waals surface area contributed by atoms with Gasteiger partial charge >= 0.3 is 0 Å². The van der Waals surface area contributed by atoms with Gasteiger partial charge in [-0.3, -0.25) is 4.79 Å². The lowest BCUT2D eigenvalue weighted by atomic mass is 10.0. The second-order valence-corrected chi connectivity index (χ2v) is 10.4. The van der Waals surface area contributed by atoms with Crippen LogP contribution in [0, 0.1) is 0 Å². The van der Waals surface area contributed by atoms with Gasteiger partial charge in [0.2, 0.25) is 15.9 Å². The van der Waals surface area contributed by atoms with Crippen molar-refractivity contribution in [3.63, 3.8) is 0 Å². The third-order valence-corrected chi connectivity index (χ3v) is 7.51. The number of fused-ring (bicyclic) bond motifs is 1. The van der Waals surface area contributed by atoms with Crippen molar-refractivity contribution in [1.82, 2.24) is 19.2 Å². The second kappa shape index (κ2) is 10.0. The summed E-state index contributed by atoms with van der Waals surface area (Å²) in [4.78, 5) is 17.5. The molecule has 0 saturated carbocycles. The minimum atomic E-state index is -3.54. The minimum Gasteiger partial charge on any atom is -0.349 e. The van der Waals surface area contributed by atoms with Gasteiger partial charge in [-0.2, -0.15) is 0 Å². The number of carbonyl (C=O) groups excluding carboxylic acids is 1. The Labute approximate surface area is 194 Å². The Morgan fingerprint density at radius 2 is 1.94 bits per heavy atom. The highest BCUT2D eigenvalue weighted by atomic mass is 35.5. The van der Waals surface area contributed by atoms with Gasteiger partial charge in [-0.05, 0) is 49.2 Å². The maximum Gasteiger partial charge on any atom is 0.242 e. The fourth-order valence-corrected chi connectivity index (χ4v) is 4.83. The lowest BCUT2D eigenvalue weighted by molar-refractivity contribution is -0.121. The van der Waals surface area contributed by atoms with Crippen LogP contribution in [0.4, 0.5) is 0 Å². The standard InChI is InChI=1S/C23H29ClN4O3S/c1-5-19(16-8-7-9-17(24)14-16)26-23(29)13-12-22-25-20-15-18(32(30,31)27(3)4)10-11-21(20)28(22)6-2/h7-11,14-15,19H,5-6,12-13H2,1-4H3,(H,26,29). The first-order valence-corrected chi connectivity index (χ1v) is 12.5. The summed E-state index contributed by atoms with van der Waals surface area (Å²) >= 11 is 6.09. The number of benzene rings is 2. The van der Waals surface area contributed by atoms with Gasteiger partial charge in [-0.25, -0.2) is 17.7 Å². The number of nitrogens with one attached hydrogen (secondary N) is 1. The summed E-state index contributed by atoms with van der Waals surface area (Å²) in [5.74, 6) is 0.690. The van der Waals surface area contributed by atoms with Crippen molar-refractivity contribution >= 4 is 38.6 Å². The zero-order chi connectivity index (χ0) is 23.5. The van der Waals surface area contributed by atoms with E-state index in [0.29, 0.717) is 23.5 Å². The van der Waals surface area contributed by atoms with E-state index in [9.17, 15) is 13.2 Å². The topological polar surface area (TPSA) is 84.3 Å². The molecule has 0 aliphatic heterocycles. The number of halogens is 1. The number of hydrogen-bond acceptors (Lipinski definition) is 4. The highest BCUT2D eigenvalue weighted by molar-refractivity contribution is 7.89. The van der Waals surface area contributed by atoms with Crippen molar-refractivity contribution in [3.8, 4) is 0 Å². The monoisotopic (exact) mass is 476 g/mol. The van der Waals surface area contributed by atoms with E-state index < -0.39 is 10.0 Å². The lowest BCUT2D eigenvalue weighted by Gasteiger charge is -2.18. The summed E-state index contributed by atoms with van der Waals surface area (Å²) < 4.78 is 28.1. The summed E-state index contributed by atoms with van der Waals surface area (Å²) in [5.41, 5.74) is 2.44. The van der Waals surface area contributed by atoms with E-state index in [1.807, 2.05) is 42.7 Å². The Bertz CT molecular complexity index is 1220. The predicted octanol–water partition coefficient (Wildman–Crippen LogP) is 4.16. The SMILES string of the molecule is CCC(NC(=O)CCc1nc2cc(S(=O)(=O)N(C)C)ccc2n1CC)c1cccc(Cl)c1.